The maximum atomic E-state index is 12.1. The molecule has 0 atom stereocenters. The molecule has 0 radical (unpaired) electrons. The number of benzene rings is 2. The van der Waals surface area contributed by atoms with Crippen LogP contribution in [0.1, 0.15) is 22.3 Å². The monoisotopic (exact) mass is 325 g/mol. The van der Waals surface area contributed by atoms with Crippen molar-refractivity contribution in [1.82, 2.24) is 5.32 Å². The van der Waals surface area contributed by atoms with Gasteiger partial charge >= 0.3 is 0 Å². The van der Waals surface area contributed by atoms with E-state index in [1.165, 1.54) is 12.1 Å². The minimum atomic E-state index is -0.476. The van der Waals surface area contributed by atoms with Crippen LogP contribution in [0.4, 0.5) is 5.69 Å². The number of nitriles is 1. The molecule has 2 rings (SSSR count). The number of aromatic hydroxyl groups is 2. The fourth-order valence-corrected chi connectivity index (χ4v) is 1.97. The quantitative estimate of drug-likeness (QED) is 0.668. The van der Waals surface area contributed by atoms with Crippen molar-refractivity contribution in [2.45, 2.75) is 13.0 Å². The second-order valence-electron chi connectivity index (χ2n) is 5.00. The molecule has 7 heteroatoms. The Balaban J connectivity index is 1.97. The molecular weight excluding hydrogens is 310 g/mol. The fourth-order valence-electron chi connectivity index (χ4n) is 1.97. The van der Waals surface area contributed by atoms with Crippen LogP contribution in [-0.2, 0) is 11.3 Å². The Morgan fingerprint density at radius 3 is 2.25 bits per heavy atom. The molecule has 122 valence electrons. The predicted molar refractivity (Wildman–Crippen MR) is 86.2 cm³/mol. The van der Waals surface area contributed by atoms with Gasteiger partial charge in [0.05, 0.1) is 6.07 Å². The molecule has 7 nitrogen and oxygen atoms in total. The van der Waals surface area contributed by atoms with E-state index < -0.39 is 5.91 Å². The lowest BCUT2D eigenvalue weighted by Gasteiger charge is -2.08. The number of carbonyl (C=O) groups is 2. The van der Waals surface area contributed by atoms with Crippen LogP contribution < -0.4 is 10.6 Å². The smallest absolute Gasteiger partial charge is 0.255 e. The summed E-state index contributed by atoms with van der Waals surface area (Å²) in [6.45, 7) is 0.287. The first-order valence-corrected chi connectivity index (χ1v) is 7.05. The van der Waals surface area contributed by atoms with Gasteiger partial charge in [0.2, 0.25) is 5.91 Å². The van der Waals surface area contributed by atoms with Crippen LogP contribution in [0, 0.1) is 11.3 Å². The van der Waals surface area contributed by atoms with Crippen molar-refractivity contribution in [3.05, 3.63) is 53.6 Å². The van der Waals surface area contributed by atoms with Gasteiger partial charge in [-0.05, 0) is 29.8 Å². The van der Waals surface area contributed by atoms with E-state index in [2.05, 4.69) is 10.6 Å². The van der Waals surface area contributed by atoms with Crippen molar-refractivity contribution in [3.8, 4) is 17.6 Å². The molecule has 0 bridgehead atoms. The summed E-state index contributed by atoms with van der Waals surface area (Å²) in [5.74, 6) is -1.23. The third kappa shape index (κ3) is 4.74. The molecule has 0 spiro atoms. The topological polar surface area (TPSA) is 122 Å². The fraction of sp³-hybridized carbons (Fsp3) is 0.118. The summed E-state index contributed by atoms with van der Waals surface area (Å²) in [7, 11) is 0. The minimum Gasteiger partial charge on any atom is -0.508 e. The maximum absolute atomic E-state index is 12.1. The van der Waals surface area contributed by atoms with Crippen LogP contribution in [0.25, 0.3) is 0 Å². The van der Waals surface area contributed by atoms with Gasteiger partial charge in [0.25, 0.3) is 5.91 Å². The second-order valence-corrected chi connectivity index (χ2v) is 5.00. The predicted octanol–water partition coefficient (Wildman–Crippen LogP) is 1.88. The Bertz CT molecular complexity index is 774. The molecule has 0 aliphatic rings. The third-order valence-electron chi connectivity index (χ3n) is 3.11. The molecule has 4 N–H and O–H groups in total. The van der Waals surface area contributed by atoms with Gasteiger partial charge in [-0.2, -0.15) is 5.26 Å². The number of nitrogens with zero attached hydrogens (tertiary/aromatic N) is 1. The molecule has 0 aromatic heterocycles. The Kier molecular flexibility index (Phi) is 5.36. The summed E-state index contributed by atoms with van der Waals surface area (Å²) in [5, 5.41) is 32.4. The Morgan fingerprint density at radius 2 is 1.67 bits per heavy atom. The molecule has 2 aromatic rings. The van der Waals surface area contributed by atoms with Crippen molar-refractivity contribution >= 4 is 17.5 Å². The second kappa shape index (κ2) is 7.65. The minimum absolute atomic E-state index is 0.125. The van der Waals surface area contributed by atoms with Crippen molar-refractivity contribution in [2.24, 2.45) is 0 Å². The molecule has 2 aromatic carbocycles. The van der Waals surface area contributed by atoms with Gasteiger partial charge in [-0.25, -0.2) is 0 Å². The largest absolute Gasteiger partial charge is 0.508 e. The average Bonchev–Trinajstić information content (AvgIpc) is 2.53. The maximum Gasteiger partial charge on any atom is 0.255 e. The first-order chi connectivity index (χ1) is 11.5. The number of hydrogen-bond acceptors (Lipinski definition) is 5. The van der Waals surface area contributed by atoms with Gasteiger partial charge in [0.1, 0.15) is 17.9 Å². The van der Waals surface area contributed by atoms with Gasteiger partial charge in [0.15, 0.2) is 0 Å². The van der Waals surface area contributed by atoms with Crippen LogP contribution in [0.5, 0.6) is 11.5 Å². The van der Waals surface area contributed by atoms with Crippen LogP contribution in [0.3, 0.4) is 0 Å². The Hall–Kier alpha value is -3.53. The summed E-state index contributed by atoms with van der Waals surface area (Å²) >= 11 is 0. The lowest BCUT2D eigenvalue weighted by molar-refractivity contribution is -0.120. The highest BCUT2D eigenvalue weighted by atomic mass is 16.3. The van der Waals surface area contributed by atoms with Gasteiger partial charge in [-0.1, -0.05) is 12.1 Å². The Morgan fingerprint density at radius 1 is 1.04 bits per heavy atom. The number of phenols is 2. The molecule has 0 heterocycles. The SMILES string of the molecule is N#CCC(=O)NCc1ccc(NC(=O)c2cc(O)cc(O)c2)cc1. The molecule has 0 unspecified atom stereocenters. The zero-order valence-electron chi connectivity index (χ0n) is 12.6. The summed E-state index contributed by atoms with van der Waals surface area (Å²) in [5.41, 5.74) is 1.46. The number of rotatable bonds is 5. The number of nitrogens with one attached hydrogen (secondary N) is 2. The normalized spacial score (nSPS) is 9.79. The van der Waals surface area contributed by atoms with E-state index in [0.717, 1.165) is 11.6 Å². The van der Waals surface area contributed by atoms with Gasteiger partial charge in [-0.15, -0.1) is 0 Å². The zero-order chi connectivity index (χ0) is 17.5. The summed E-state index contributed by atoms with van der Waals surface area (Å²) in [6.07, 6.45) is -0.190. The van der Waals surface area contributed by atoms with Gasteiger partial charge in [0, 0.05) is 23.9 Å². The highest BCUT2D eigenvalue weighted by molar-refractivity contribution is 6.04. The first kappa shape index (κ1) is 16.8. The van der Waals surface area contributed by atoms with E-state index in [4.69, 9.17) is 5.26 Å². The molecule has 0 saturated heterocycles. The number of hydrogen-bond donors (Lipinski definition) is 4. The zero-order valence-corrected chi connectivity index (χ0v) is 12.6. The number of amides is 2. The lowest BCUT2D eigenvalue weighted by atomic mass is 10.1. The lowest BCUT2D eigenvalue weighted by Crippen LogP contribution is -2.21. The summed E-state index contributed by atoms with van der Waals surface area (Å²) < 4.78 is 0. The van der Waals surface area contributed by atoms with Crippen molar-refractivity contribution in [1.29, 1.82) is 5.26 Å². The molecule has 24 heavy (non-hydrogen) atoms. The van der Waals surface area contributed by atoms with E-state index in [1.807, 2.05) is 0 Å². The highest BCUT2D eigenvalue weighted by Gasteiger charge is 2.09. The van der Waals surface area contributed by atoms with E-state index >= 15 is 0 Å². The summed E-state index contributed by atoms with van der Waals surface area (Å²) in [6, 6.07) is 12.1. The van der Waals surface area contributed by atoms with Crippen LogP contribution in [0.2, 0.25) is 0 Å². The van der Waals surface area contributed by atoms with E-state index in [1.54, 1.807) is 30.3 Å². The van der Waals surface area contributed by atoms with Crippen LogP contribution >= 0.6 is 0 Å². The van der Waals surface area contributed by atoms with Crippen LogP contribution in [-0.4, -0.2) is 22.0 Å². The summed E-state index contributed by atoms with van der Waals surface area (Å²) in [4.78, 5) is 23.3. The molecule has 2 amide bonds. The highest BCUT2D eigenvalue weighted by Crippen LogP contribution is 2.21. The van der Waals surface area contributed by atoms with Gasteiger partial charge < -0.3 is 20.8 Å². The molecule has 0 fully saturated rings. The van der Waals surface area contributed by atoms with E-state index in [9.17, 15) is 19.8 Å². The number of phenolic OH excluding ortho intramolecular Hbond substituents is 2. The van der Waals surface area contributed by atoms with Crippen molar-refractivity contribution < 1.29 is 19.8 Å². The van der Waals surface area contributed by atoms with E-state index in [-0.39, 0.29) is 35.9 Å². The van der Waals surface area contributed by atoms with Crippen LogP contribution in [0.15, 0.2) is 42.5 Å². The number of carbonyl (C=O) groups excluding carboxylic acids is 2. The number of anilines is 1. The Labute approximate surface area is 138 Å². The van der Waals surface area contributed by atoms with Gasteiger partial charge in [-0.3, -0.25) is 9.59 Å². The third-order valence-corrected chi connectivity index (χ3v) is 3.11. The molecule has 0 saturated carbocycles. The molecular formula is C17H15N3O4. The average molecular weight is 325 g/mol. The first-order valence-electron chi connectivity index (χ1n) is 7.05. The van der Waals surface area contributed by atoms with Crippen molar-refractivity contribution in [3.63, 3.8) is 0 Å². The molecule has 0 aliphatic heterocycles. The molecule has 0 aliphatic carbocycles. The standard InChI is InChI=1S/C17H15N3O4/c18-6-5-16(23)19-10-11-1-3-13(4-2-11)20-17(24)12-7-14(21)9-15(22)8-12/h1-4,7-9,21-22H,5,10H2,(H,19,23)(H,20,24). The van der Waals surface area contributed by atoms with Crippen molar-refractivity contribution in [2.75, 3.05) is 5.32 Å². The van der Waals surface area contributed by atoms with E-state index in [0.29, 0.717) is 5.69 Å².